The van der Waals surface area contributed by atoms with Crippen LogP contribution in [0.15, 0.2) is 87.2 Å². The minimum atomic E-state index is 0.134. The summed E-state index contributed by atoms with van der Waals surface area (Å²) in [5.41, 5.74) is 15.6. The molecule has 0 aliphatic carbocycles. The van der Waals surface area contributed by atoms with Gasteiger partial charge in [0.1, 0.15) is 47.7 Å². The van der Waals surface area contributed by atoms with E-state index in [2.05, 4.69) is 9.98 Å². The maximum Gasteiger partial charge on any atom is 0.135 e. The van der Waals surface area contributed by atoms with E-state index >= 15 is 0 Å². The second kappa shape index (κ2) is 11.6. The minimum Gasteiger partial charge on any atom is -0.490 e. The van der Waals surface area contributed by atoms with Crippen LogP contribution >= 0.6 is 0 Å². The monoisotopic (exact) mass is 498 g/mol. The van der Waals surface area contributed by atoms with Crippen LogP contribution in [0.3, 0.4) is 0 Å². The van der Waals surface area contributed by atoms with Gasteiger partial charge in [0.15, 0.2) is 0 Å². The van der Waals surface area contributed by atoms with E-state index in [0.717, 1.165) is 44.9 Å². The number of fused-ring (bicyclic) bond motifs is 1. The lowest BCUT2D eigenvalue weighted by Gasteiger charge is -2.10. The van der Waals surface area contributed by atoms with Gasteiger partial charge in [0, 0.05) is 34.2 Å². The van der Waals surface area contributed by atoms with Crippen LogP contribution in [0.4, 0.5) is 0 Å². The Kier molecular flexibility index (Phi) is 8.13. The van der Waals surface area contributed by atoms with Crippen molar-refractivity contribution in [2.24, 2.45) is 21.5 Å². The number of nitrogens with two attached hydrogens (primary N) is 2. The Morgan fingerprint density at radius 1 is 0.730 bits per heavy atom. The molecular formula is C30H34N4O3. The molecule has 4 rings (SSSR count). The first-order valence-corrected chi connectivity index (χ1v) is 12.5. The highest BCUT2D eigenvalue weighted by molar-refractivity contribution is 6.00. The van der Waals surface area contributed by atoms with Crippen LogP contribution in [0, 0.1) is 0 Å². The average Bonchev–Trinajstić information content (AvgIpc) is 3.30. The number of amidine groups is 2. The van der Waals surface area contributed by atoms with Gasteiger partial charge >= 0.3 is 0 Å². The van der Waals surface area contributed by atoms with Crippen LogP contribution in [-0.4, -0.2) is 37.0 Å². The molecular weight excluding hydrogens is 464 g/mol. The zero-order valence-corrected chi connectivity index (χ0v) is 21.8. The minimum absolute atomic E-state index is 0.134. The molecule has 192 valence electrons. The number of aliphatic imine (C=N–C) groups is 2. The van der Waals surface area contributed by atoms with Gasteiger partial charge in [-0.1, -0.05) is 24.3 Å². The molecule has 4 aromatic rings. The van der Waals surface area contributed by atoms with E-state index in [1.54, 1.807) is 0 Å². The van der Waals surface area contributed by atoms with Gasteiger partial charge in [0.05, 0.1) is 0 Å². The van der Waals surface area contributed by atoms with E-state index in [9.17, 15) is 0 Å². The number of ether oxygens (including phenoxy) is 2. The second-order valence-corrected chi connectivity index (χ2v) is 9.33. The fourth-order valence-electron chi connectivity index (χ4n) is 3.82. The first kappa shape index (κ1) is 25.8. The van der Waals surface area contributed by atoms with Gasteiger partial charge in [-0.05, 0) is 76.2 Å². The van der Waals surface area contributed by atoms with Gasteiger partial charge in [-0.25, -0.2) is 0 Å². The summed E-state index contributed by atoms with van der Waals surface area (Å²) in [6.07, 6.45) is 0. The zero-order valence-electron chi connectivity index (χ0n) is 21.8. The number of nitrogens with zero attached hydrogens (tertiary/aromatic N) is 2. The lowest BCUT2D eigenvalue weighted by molar-refractivity contribution is 0.217. The number of hydrogen-bond donors (Lipinski definition) is 2. The summed E-state index contributed by atoms with van der Waals surface area (Å²) in [6.45, 7) is 8.79. The molecule has 0 unspecified atom stereocenters. The van der Waals surface area contributed by atoms with Gasteiger partial charge in [-0.2, -0.15) is 0 Å². The first-order chi connectivity index (χ1) is 17.8. The van der Waals surface area contributed by atoms with E-state index in [0.29, 0.717) is 24.9 Å². The third-order valence-corrected chi connectivity index (χ3v) is 5.50. The maximum atomic E-state index is 6.11. The summed E-state index contributed by atoms with van der Waals surface area (Å²) in [4.78, 5) is 8.80. The molecule has 7 nitrogen and oxygen atoms in total. The highest BCUT2D eigenvalue weighted by atomic mass is 16.5. The Morgan fingerprint density at radius 2 is 1.35 bits per heavy atom. The molecule has 0 spiro atoms. The quantitative estimate of drug-likeness (QED) is 0.164. The van der Waals surface area contributed by atoms with Crippen molar-refractivity contribution in [2.75, 3.05) is 13.2 Å². The zero-order chi connectivity index (χ0) is 26.4. The lowest BCUT2D eigenvalue weighted by Crippen LogP contribution is -2.16. The predicted octanol–water partition coefficient (Wildman–Crippen LogP) is 5.79. The summed E-state index contributed by atoms with van der Waals surface area (Å²) in [6, 6.07) is 23.6. The van der Waals surface area contributed by atoms with Crippen LogP contribution in [0.2, 0.25) is 0 Å². The Labute approximate surface area is 217 Å². The molecule has 3 aromatic carbocycles. The van der Waals surface area contributed by atoms with Crippen molar-refractivity contribution in [3.63, 3.8) is 0 Å². The SMILES string of the molecule is CC(C)N=C(N)c1cccc(OCCOc2ccc(-c3cc4ccc(C(N)=NC(C)C)cc4o3)cc2)c1. The van der Waals surface area contributed by atoms with Gasteiger partial charge in [-0.15, -0.1) is 0 Å². The molecule has 0 amide bonds. The highest BCUT2D eigenvalue weighted by Crippen LogP contribution is 2.29. The van der Waals surface area contributed by atoms with E-state index in [1.807, 2.05) is 100 Å². The number of furan rings is 1. The molecule has 1 aromatic heterocycles. The van der Waals surface area contributed by atoms with E-state index in [4.69, 9.17) is 25.4 Å². The third kappa shape index (κ3) is 6.91. The van der Waals surface area contributed by atoms with E-state index in [1.165, 1.54) is 0 Å². The fraction of sp³-hybridized carbons (Fsp3) is 0.267. The fourth-order valence-corrected chi connectivity index (χ4v) is 3.82. The summed E-state index contributed by atoms with van der Waals surface area (Å²) < 4.78 is 17.8. The molecule has 4 N–H and O–H groups in total. The van der Waals surface area contributed by atoms with Gasteiger partial charge in [0.25, 0.3) is 0 Å². The number of hydrogen-bond acceptors (Lipinski definition) is 5. The Bertz CT molecular complexity index is 1400. The standard InChI is InChI=1S/C30H34N4O3/c1-19(2)33-29(31)23-6-5-7-26(16-23)36-15-14-35-25-12-10-21(11-13-25)27-17-22-8-9-24(18-28(22)37-27)30(32)34-20(3)4/h5-13,16-20H,14-15H2,1-4H3,(H2,31,33)(H2,32,34). The highest BCUT2D eigenvalue weighted by Gasteiger charge is 2.09. The van der Waals surface area contributed by atoms with Crippen molar-refractivity contribution in [3.8, 4) is 22.8 Å². The average molecular weight is 499 g/mol. The number of rotatable bonds is 10. The van der Waals surface area contributed by atoms with Gasteiger partial charge in [0.2, 0.25) is 0 Å². The third-order valence-electron chi connectivity index (χ3n) is 5.50. The van der Waals surface area contributed by atoms with Crippen molar-refractivity contribution < 1.29 is 13.9 Å². The van der Waals surface area contributed by atoms with Gasteiger partial charge < -0.3 is 25.4 Å². The van der Waals surface area contributed by atoms with Crippen molar-refractivity contribution in [1.29, 1.82) is 0 Å². The normalized spacial score (nSPS) is 12.5. The van der Waals surface area contributed by atoms with Crippen LogP contribution < -0.4 is 20.9 Å². The Morgan fingerprint density at radius 3 is 2.00 bits per heavy atom. The topological polar surface area (TPSA) is 108 Å². The molecule has 0 bridgehead atoms. The predicted molar refractivity (Wildman–Crippen MR) is 151 cm³/mol. The maximum absolute atomic E-state index is 6.11. The van der Waals surface area contributed by atoms with Crippen LogP contribution in [0.1, 0.15) is 38.8 Å². The largest absolute Gasteiger partial charge is 0.490 e. The Balaban J connectivity index is 1.34. The van der Waals surface area contributed by atoms with Crippen LogP contribution in [0.25, 0.3) is 22.3 Å². The second-order valence-electron chi connectivity index (χ2n) is 9.33. The molecule has 7 heteroatoms. The van der Waals surface area contributed by atoms with E-state index < -0.39 is 0 Å². The van der Waals surface area contributed by atoms with Crippen LogP contribution in [-0.2, 0) is 0 Å². The molecule has 0 radical (unpaired) electrons. The molecule has 0 aliphatic heterocycles. The summed E-state index contributed by atoms with van der Waals surface area (Å²) in [5, 5.41) is 1.01. The smallest absolute Gasteiger partial charge is 0.135 e. The van der Waals surface area contributed by atoms with Crippen molar-refractivity contribution in [2.45, 2.75) is 39.8 Å². The molecule has 0 saturated carbocycles. The first-order valence-electron chi connectivity index (χ1n) is 12.5. The lowest BCUT2D eigenvalue weighted by atomic mass is 10.1. The van der Waals surface area contributed by atoms with E-state index in [-0.39, 0.29) is 12.1 Å². The van der Waals surface area contributed by atoms with Crippen molar-refractivity contribution in [3.05, 3.63) is 83.9 Å². The number of benzene rings is 3. The molecule has 0 fully saturated rings. The molecule has 1 heterocycles. The van der Waals surface area contributed by atoms with Crippen molar-refractivity contribution >= 4 is 22.6 Å². The molecule has 0 aliphatic rings. The molecule has 0 atom stereocenters. The molecule has 0 saturated heterocycles. The Hall–Kier alpha value is -4.26. The van der Waals surface area contributed by atoms with Gasteiger partial charge in [-0.3, -0.25) is 9.98 Å². The van der Waals surface area contributed by atoms with Crippen LogP contribution in [0.5, 0.6) is 11.5 Å². The molecule has 37 heavy (non-hydrogen) atoms. The van der Waals surface area contributed by atoms with Crippen molar-refractivity contribution in [1.82, 2.24) is 0 Å². The summed E-state index contributed by atoms with van der Waals surface area (Å²) >= 11 is 0. The summed E-state index contributed by atoms with van der Waals surface area (Å²) in [5.74, 6) is 3.28. The summed E-state index contributed by atoms with van der Waals surface area (Å²) in [7, 11) is 0.